The predicted molar refractivity (Wildman–Crippen MR) is 149 cm³/mol. The molecule has 35 heavy (non-hydrogen) atoms. The van der Waals surface area contributed by atoms with Gasteiger partial charge in [0.2, 0.25) is 0 Å². The van der Waals surface area contributed by atoms with Crippen molar-refractivity contribution in [2.24, 2.45) is 0 Å². The maximum absolute atomic E-state index is 5.04. The van der Waals surface area contributed by atoms with Gasteiger partial charge in [-0.15, -0.1) is 0 Å². The average molecular weight is 467 g/mol. The van der Waals surface area contributed by atoms with Crippen LogP contribution in [-0.4, -0.2) is 9.55 Å². The van der Waals surface area contributed by atoms with Crippen LogP contribution < -0.4 is 0 Å². The molecule has 7 aromatic rings. The minimum absolute atomic E-state index is 0.0536. The monoisotopic (exact) mass is 466 g/mol. The Labute approximate surface area is 207 Å². The highest BCUT2D eigenvalue weighted by molar-refractivity contribution is 7.20. The van der Waals surface area contributed by atoms with E-state index in [1.165, 1.54) is 59.5 Å². The van der Waals surface area contributed by atoms with Crippen LogP contribution in [0.5, 0.6) is 0 Å². The second kappa shape index (κ2) is 6.59. The van der Waals surface area contributed by atoms with Crippen LogP contribution in [0.3, 0.4) is 0 Å². The molecule has 2 aromatic heterocycles. The van der Waals surface area contributed by atoms with E-state index < -0.39 is 0 Å². The van der Waals surface area contributed by atoms with Crippen molar-refractivity contribution in [3.05, 3.63) is 108 Å². The van der Waals surface area contributed by atoms with E-state index in [9.17, 15) is 0 Å². The van der Waals surface area contributed by atoms with Crippen molar-refractivity contribution in [1.29, 1.82) is 0 Å². The van der Waals surface area contributed by atoms with E-state index in [2.05, 4.69) is 115 Å². The lowest BCUT2D eigenvalue weighted by atomic mass is 9.81. The van der Waals surface area contributed by atoms with Gasteiger partial charge in [0.05, 0.1) is 21.3 Å². The molecule has 0 atom stereocenters. The molecule has 0 radical (unpaired) electrons. The van der Waals surface area contributed by atoms with E-state index in [4.69, 9.17) is 4.98 Å². The summed E-state index contributed by atoms with van der Waals surface area (Å²) < 4.78 is 3.58. The first-order chi connectivity index (χ1) is 17.1. The Hall–Kier alpha value is -3.95. The third kappa shape index (κ3) is 2.46. The van der Waals surface area contributed by atoms with E-state index in [1.54, 1.807) is 11.3 Å². The van der Waals surface area contributed by atoms with Crippen LogP contribution in [0.25, 0.3) is 59.1 Å². The Kier molecular flexibility index (Phi) is 3.64. The summed E-state index contributed by atoms with van der Waals surface area (Å²) in [5.74, 6) is 0. The Morgan fingerprint density at radius 3 is 2.31 bits per heavy atom. The zero-order chi connectivity index (χ0) is 23.3. The summed E-state index contributed by atoms with van der Waals surface area (Å²) in [5, 5.41) is 6.24. The summed E-state index contributed by atoms with van der Waals surface area (Å²) in [6, 6.07) is 35.4. The fourth-order valence-electron chi connectivity index (χ4n) is 6.13. The van der Waals surface area contributed by atoms with Crippen molar-refractivity contribution in [1.82, 2.24) is 9.55 Å². The van der Waals surface area contributed by atoms with Crippen LogP contribution in [0.2, 0.25) is 0 Å². The lowest BCUT2D eigenvalue weighted by Gasteiger charge is -2.21. The largest absolute Gasteiger partial charge is 0.285 e. The Bertz CT molecular complexity index is 1950. The second-order valence-corrected chi connectivity index (χ2v) is 11.1. The molecule has 0 N–H and O–H groups in total. The van der Waals surface area contributed by atoms with Crippen molar-refractivity contribution in [3.63, 3.8) is 0 Å². The summed E-state index contributed by atoms with van der Waals surface area (Å²) in [6.07, 6.45) is 0. The highest BCUT2D eigenvalue weighted by Crippen LogP contribution is 2.54. The molecule has 8 rings (SSSR count). The molecule has 0 aliphatic heterocycles. The van der Waals surface area contributed by atoms with Gasteiger partial charge in [-0.25, -0.2) is 4.98 Å². The maximum Gasteiger partial charge on any atom is 0.195 e. The molecular weight excluding hydrogens is 444 g/mol. The van der Waals surface area contributed by atoms with Crippen LogP contribution in [0, 0.1) is 0 Å². The van der Waals surface area contributed by atoms with Crippen molar-refractivity contribution in [3.8, 4) is 16.3 Å². The number of hydrogen-bond donors (Lipinski definition) is 0. The Balaban J connectivity index is 1.54. The van der Waals surface area contributed by atoms with E-state index in [-0.39, 0.29) is 5.41 Å². The number of benzene rings is 5. The van der Waals surface area contributed by atoms with Crippen LogP contribution in [0.4, 0.5) is 0 Å². The van der Waals surface area contributed by atoms with Gasteiger partial charge in [-0.3, -0.25) is 4.57 Å². The first-order valence-electron chi connectivity index (χ1n) is 12.1. The first-order valence-corrected chi connectivity index (χ1v) is 12.9. The molecule has 0 saturated heterocycles. The molecule has 0 spiro atoms. The Morgan fingerprint density at radius 2 is 1.46 bits per heavy atom. The van der Waals surface area contributed by atoms with Gasteiger partial charge in [0.1, 0.15) is 0 Å². The molecule has 0 fully saturated rings. The second-order valence-electron chi connectivity index (χ2n) is 10.1. The molecule has 2 heterocycles. The van der Waals surface area contributed by atoms with Crippen molar-refractivity contribution >= 4 is 54.1 Å². The van der Waals surface area contributed by atoms with Crippen LogP contribution in [0.1, 0.15) is 25.0 Å². The number of hydrogen-bond acceptors (Lipinski definition) is 2. The van der Waals surface area contributed by atoms with Crippen LogP contribution in [0.15, 0.2) is 97.1 Å². The topological polar surface area (TPSA) is 17.8 Å². The maximum atomic E-state index is 5.04. The zero-order valence-electron chi connectivity index (χ0n) is 19.5. The fourth-order valence-corrected chi connectivity index (χ4v) is 7.13. The molecular formula is C32H22N2S. The number of para-hydroxylation sites is 2. The summed E-state index contributed by atoms with van der Waals surface area (Å²) in [5.41, 5.74) is 8.99. The molecule has 5 aromatic carbocycles. The smallest absolute Gasteiger partial charge is 0.195 e. The molecule has 0 saturated carbocycles. The van der Waals surface area contributed by atoms with E-state index in [1.807, 2.05) is 0 Å². The zero-order valence-corrected chi connectivity index (χ0v) is 20.4. The molecule has 1 aliphatic rings. The lowest BCUT2D eigenvalue weighted by molar-refractivity contribution is 0.661. The fraction of sp³-hybridized carbons (Fsp3) is 0.0938. The molecule has 3 heteroatoms. The van der Waals surface area contributed by atoms with Gasteiger partial charge in [-0.1, -0.05) is 85.8 Å². The van der Waals surface area contributed by atoms with Crippen LogP contribution in [-0.2, 0) is 5.41 Å². The molecule has 1 aliphatic carbocycles. The molecule has 2 nitrogen and oxygen atoms in total. The normalized spacial score (nSPS) is 14.2. The number of aromatic nitrogens is 2. The molecule has 0 amide bonds. The average Bonchev–Trinajstić information content (AvgIpc) is 3.51. The standard InChI is InChI=1S/C32H22N2S/c1-32(2)23-15-16-27-30(29(23)22-17-19-9-3-4-10-20(19)18-24(22)32)21-11-5-7-13-26(21)34(27)31-33-25-12-6-8-14-28(25)35-31/h3-18H,1-2H3. The van der Waals surface area contributed by atoms with Crippen LogP contribution >= 0.6 is 11.3 Å². The number of fused-ring (bicyclic) bond motifs is 9. The number of nitrogens with zero attached hydrogens (tertiary/aromatic N) is 2. The SMILES string of the molecule is CC1(C)c2cc3ccccc3cc2-c2c1ccc1c2c2ccccc2n1-c1nc2ccccc2s1. The highest BCUT2D eigenvalue weighted by Gasteiger charge is 2.37. The van der Waals surface area contributed by atoms with Gasteiger partial charge in [0, 0.05) is 16.2 Å². The minimum atomic E-state index is -0.0536. The highest BCUT2D eigenvalue weighted by atomic mass is 32.1. The lowest BCUT2D eigenvalue weighted by Crippen LogP contribution is -2.14. The van der Waals surface area contributed by atoms with Gasteiger partial charge < -0.3 is 0 Å². The number of rotatable bonds is 1. The van der Waals surface area contributed by atoms with Gasteiger partial charge in [0.25, 0.3) is 0 Å². The van der Waals surface area contributed by atoms with Gasteiger partial charge >= 0.3 is 0 Å². The third-order valence-electron chi connectivity index (χ3n) is 7.81. The van der Waals surface area contributed by atoms with E-state index in [0.717, 1.165) is 10.6 Å². The van der Waals surface area contributed by atoms with Gasteiger partial charge in [-0.05, 0) is 69.4 Å². The van der Waals surface area contributed by atoms with E-state index >= 15 is 0 Å². The third-order valence-corrected chi connectivity index (χ3v) is 8.84. The quantitative estimate of drug-likeness (QED) is 0.236. The minimum Gasteiger partial charge on any atom is -0.285 e. The first kappa shape index (κ1) is 19.4. The summed E-state index contributed by atoms with van der Waals surface area (Å²) in [6.45, 7) is 4.73. The predicted octanol–water partition coefficient (Wildman–Crippen LogP) is 8.85. The molecule has 0 unspecified atom stereocenters. The van der Waals surface area contributed by atoms with Gasteiger partial charge in [-0.2, -0.15) is 0 Å². The van der Waals surface area contributed by atoms with Crippen molar-refractivity contribution < 1.29 is 0 Å². The van der Waals surface area contributed by atoms with Gasteiger partial charge in [0.15, 0.2) is 5.13 Å². The Morgan fingerprint density at radius 1 is 0.714 bits per heavy atom. The van der Waals surface area contributed by atoms with E-state index in [0.29, 0.717) is 0 Å². The number of thiazole rings is 1. The van der Waals surface area contributed by atoms with Crippen molar-refractivity contribution in [2.75, 3.05) is 0 Å². The summed E-state index contributed by atoms with van der Waals surface area (Å²) in [7, 11) is 0. The molecule has 0 bridgehead atoms. The summed E-state index contributed by atoms with van der Waals surface area (Å²) in [4.78, 5) is 5.04. The van der Waals surface area contributed by atoms with Crippen molar-refractivity contribution in [2.45, 2.75) is 19.3 Å². The summed E-state index contributed by atoms with van der Waals surface area (Å²) >= 11 is 1.76. The molecule has 166 valence electrons.